The van der Waals surface area contributed by atoms with Gasteiger partial charge in [0.15, 0.2) is 0 Å². The lowest BCUT2D eigenvalue weighted by Crippen LogP contribution is -2.50. The number of urea groups is 1. The first kappa shape index (κ1) is 28.0. The molecule has 5 nitrogen and oxygen atoms in total. The van der Waals surface area contributed by atoms with Gasteiger partial charge in [-0.25, -0.2) is 4.79 Å². The number of methoxy groups -OCH3 is 1. The van der Waals surface area contributed by atoms with Crippen molar-refractivity contribution in [1.29, 1.82) is 0 Å². The zero-order valence-corrected chi connectivity index (χ0v) is 23.5. The number of alkyl halides is 1. The number of halogens is 3. The molecule has 37 heavy (non-hydrogen) atoms. The van der Waals surface area contributed by atoms with Crippen molar-refractivity contribution in [3.8, 4) is 11.1 Å². The molecule has 0 bridgehead atoms. The van der Waals surface area contributed by atoms with Gasteiger partial charge in [0, 0.05) is 47.3 Å². The Morgan fingerprint density at radius 2 is 1.84 bits per heavy atom. The van der Waals surface area contributed by atoms with Crippen molar-refractivity contribution in [2.75, 3.05) is 39.9 Å². The first-order valence-corrected chi connectivity index (χ1v) is 13.8. The van der Waals surface area contributed by atoms with E-state index in [9.17, 15) is 4.79 Å². The van der Waals surface area contributed by atoms with E-state index in [0.717, 1.165) is 48.6 Å². The van der Waals surface area contributed by atoms with Gasteiger partial charge < -0.3 is 20.3 Å². The summed E-state index contributed by atoms with van der Waals surface area (Å²) >= 11 is 18.9. The Labute approximate surface area is 234 Å². The normalized spacial score (nSPS) is 21.6. The summed E-state index contributed by atoms with van der Waals surface area (Å²) in [5.74, 6) is 0.0263. The lowest BCUT2D eigenvalue weighted by Gasteiger charge is -2.42. The molecule has 1 fully saturated rings. The molecule has 2 aromatic carbocycles. The summed E-state index contributed by atoms with van der Waals surface area (Å²) in [4.78, 5) is 15.3. The van der Waals surface area contributed by atoms with Gasteiger partial charge in [-0.1, -0.05) is 66.5 Å². The summed E-state index contributed by atoms with van der Waals surface area (Å²) in [5.41, 5.74) is 3.86. The second kappa shape index (κ2) is 12.7. The molecule has 8 heteroatoms. The molecular formula is C29H34Cl3N3O2. The molecule has 1 saturated heterocycles. The highest BCUT2D eigenvalue weighted by atomic mass is 35.5. The second-order valence-corrected chi connectivity index (χ2v) is 11.3. The van der Waals surface area contributed by atoms with E-state index in [4.69, 9.17) is 39.5 Å². The Bertz CT molecular complexity index is 1140. The summed E-state index contributed by atoms with van der Waals surface area (Å²) in [6.45, 7) is 6.00. The van der Waals surface area contributed by atoms with Crippen molar-refractivity contribution in [3.05, 3.63) is 82.0 Å². The van der Waals surface area contributed by atoms with E-state index in [-0.39, 0.29) is 22.7 Å². The number of nitrogens with zero attached hydrogens (tertiary/aromatic N) is 1. The number of ether oxygens (including phenoxy) is 1. The Morgan fingerprint density at radius 1 is 1.11 bits per heavy atom. The number of likely N-dealkylation sites (tertiary alicyclic amines) is 1. The van der Waals surface area contributed by atoms with Gasteiger partial charge in [0.2, 0.25) is 0 Å². The first-order valence-electron chi connectivity index (χ1n) is 12.7. The summed E-state index contributed by atoms with van der Waals surface area (Å²) < 4.78 is 5.27. The predicted octanol–water partition coefficient (Wildman–Crippen LogP) is 6.55. The van der Waals surface area contributed by atoms with Crippen LogP contribution in [0.4, 0.5) is 4.79 Å². The van der Waals surface area contributed by atoms with Crippen LogP contribution in [-0.4, -0.2) is 56.2 Å². The molecule has 1 heterocycles. The van der Waals surface area contributed by atoms with Gasteiger partial charge in [0.1, 0.15) is 0 Å². The van der Waals surface area contributed by atoms with Crippen LogP contribution in [0.1, 0.15) is 25.3 Å². The summed E-state index contributed by atoms with van der Waals surface area (Å²) in [7, 11) is 1.73. The number of hydrogen-bond acceptors (Lipinski definition) is 3. The van der Waals surface area contributed by atoms with Crippen molar-refractivity contribution < 1.29 is 9.53 Å². The lowest BCUT2D eigenvalue weighted by molar-refractivity contribution is 0.109. The average molecular weight is 563 g/mol. The van der Waals surface area contributed by atoms with E-state index in [1.807, 2.05) is 31.2 Å². The van der Waals surface area contributed by atoms with Crippen molar-refractivity contribution >= 4 is 40.8 Å². The Morgan fingerprint density at radius 3 is 2.49 bits per heavy atom. The highest BCUT2D eigenvalue weighted by molar-refractivity contribution is 6.32. The van der Waals surface area contributed by atoms with Crippen LogP contribution in [0, 0.1) is 5.92 Å². The number of amides is 2. The van der Waals surface area contributed by atoms with Crippen LogP contribution < -0.4 is 10.6 Å². The van der Waals surface area contributed by atoms with Gasteiger partial charge in [0.05, 0.1) is 12.0 Å². The fourth-order valence-corrected chi connectivity index (χ4v) is 5.75. The third-order valence-electron chi connectivity index (χ3n) is 7.47. The number of allylic oxidation sites excluding steroid dienone is 3. The van der Waals surface area contributed by atoms with Crippen molar-refractivity contribution in [2.45, 2.75) is 30.6 Å². The number of rotatable bonds is 8. The SMILES string of the molecule is COCCN1CCC(CNC(=O)NC2=CC(Cl)C(C)C(Cl)=C2)(c2ccc(-c3cccc(Cl)c3)cc2)CC1. The average Bonchev–Trinajstić information content (AvgIpc) is 2.90. The van der Waals surface area contributed by atoms with Gasteiger partial charge in [-0.2, -0.15) is 0 Å². The zero-order valence-electron chi connectivity index (χ0n) is 21.3. The van der Waals surface area contributed by atoms with Crippen LogP contribution in [0.3, 0.4) is 0 Å². The first-order chi connectivity index (χ1) is 17.8. The van der Waals surface area contributed by atoms with Gasteiger partial charge in [-0.05, 0) is 66.9 Å². The molecule has 2 N–H and O–H groups in total. The smallest absolute Gasteiger partial charge is 0.319 e. The maximum absolute atomic E-state index is 12.9. The quantitative estimate of drug-likeness (QED) is 0.359. The van der Waals surface area contributed by atoms with E-state index < -0.39 is 0 Å². The van der Waals surface area contributed by atoms with Crippen LogP contribution >= 0.6 is 34.8 Å². The van der Waals surface area contributed by atoms with E-state index in [0.29, 0.717) is 23.9 Å². The van der Waals surface area contributed by atoms with Crippen LogP contribution in [-0.2, 0) is 10.2 Å². The lowest BCUT2D eigenvalue weighted by atomic mass is 9.72. The highest BCUT2D eigenvalue weighted by Gasteiger charge is 2.36. The fraction of sp³-hybridized carbons (Fsp3) is 0.414. The molecule has 1 aliphatic carbocycles. The van der Waals surface area contributed by atoms with Gasteiger partial charge in [-0.3, -0.25) is 0 Å². The standard InChI is InChI=1S/C29H34Cl3N3O2/c1-20-26(31)17-25(18-27(20)32)34-28(36)33-19-29(10-12-35(13-11-29)14-15-37-2)23-8-6-21(7-9-23)22-4-3-5-24(30)16-22/h3-9,16-18,20,26H,10-15,19H2,1-2H3,(H2,33,34,36). The number of nitrogens with one attached hydrogen (secondary N) is 2. The highest BCUT2D eigenvalue weighted by Crippen LogP contribution is 2.36. The third kappa shape index (κ3) is 7.10. The maximum atomic E-state index is 12.9. The van der Waals surface area contributed by atoms with Crippen LogP contribution in [0.15, 0.2) is 71.4 Å². The molecule has 2 aromatic rings. The van der Waals surface area contributed by atoms with Gasteiger partial charge in [-0.15, -0.1) is 11.6 Å². The van der Waals surface area contributed by atoms with E-state index >= 15 is 0 Å². The zero-order chi connectivity index (χ0) is 26.4. The van der Waals surface area contributed by atoms with E-state index in [1.54, 1.807) is 13.2 Å². The van der Waals surface area contributed by atoms with E-state index in [1.165, 1.54) is 5.56 Å². The molecule has 0 aromatic heterocycles. The molecule has 0 saturated carbocycles. The minimum atomic E-state index is -0.262. The predicted molar refractivity (Wildman–Crippen MR) is 153 cm³/mol. The molecule has 2 unspecified atom stereocenters. The molecule has 2 atom stereocenters. The van der Waals surface area contributed by atoms with Crippen molar-refractivity contribution in [2.24, 2.45) is 5.92 Å². The Hall–Kier alpha value is -2.02. The minimum absolute atomic E-state index is 0.0263. The van der Waals surface area contributed by atoms with Crippen LogP contribution in [0.2, 0.25) is 5.02 Å². The molecule has 2 amide bonds. The Balaban J connectivity index is 1.49. The number of piperidine rings is 1. The Kier molecular flexibility index (Phi) is 9.60. The van der Waals surface area contributed by atoms with Crippen LogP contribution in [0.25, 0.3) is 11.1 Å². The number of hydrogen-bond donors (Lipinski definition) is 2. The van der Waals surface area contributed by atoms with Crippen LogP contribution in [0.5, 0.6) is 0 Å². The topological polar surface area (TPSA) is 53.6 Å². The maximum Gasteiger partial charge on any atom is 0.319 e. The summed E-state index contributed by atoms with van der Waals surface area (Å²) in [6.07, 6.45) is 5.46. The molecule has 0 radical (unpaired) electrons. The molecular weight excluding hydrogens is 529 g/mol. The molecule has 1 aliphatic heterocycles. The van der Waals surface area contributed by atoms with Gasteiger partial charge in [0.25, 0.3) is 0 Å². The van der Waals surface area contributed by atoms with E-state index in [2.05, 4.69) is 45.9 Å². The largest absolute Gasteiger partial charge is 0.383 e. The minimum Gasteiger partial charge on any atom is -0.383 e. The third-order valence-corrected chi connectivity index (χ3v) is 8.66. The molecule has 0 spiro atoms. The monoisotopic (exact) mass is 561 g/mol. The van der Waals surface area contributed by atoms with Crippen molar-refractivity contribution in [3.63, 3.8) is 0 Å². The molecule has 198 valence electrons. The van der Waals surface area contributed by atoms with Crippen molar-refractivity contribution in [1.82, 2.24) is 15.5 Å². The number of carbonyl (C=O) groups is 1. The summed E-state index contributed by atoms with van der Waals surface area (Å²) in [6, 6.07) is 16.3. The number of benzene rings is 2. The van der Waals surface area contributed by atoms with Gasteiger partial charge >= 0.3 is 6.03 Å². The number of carbonyl (C=O) groups excluding carboxylic acids is 1. The fourth-order valence-electron chi connectivity index (χ4n) is 4.98. The summed E-state index contributed by atoms with van der Waals surface area (Å²) in [5, 5.41) is 7.13. The second-order valence-electron chi connectivity index (χ2n) is 9.89. The molecule has 4 rings (SSSR count). The molecule has 2 aliphatic rings.